The van der Waals surface area contributed by atoms with Gasteiger partial charge in [-0.15, -0.1) is 0 Å². The molecule has 0 saturated carbocycles. The van der Waals surface area contributed by atoms with Gasteiger partial charge in [0.1, 0.15) is 11.9 Å². The molecule has 0 radical (unpaired) electrons. The maximum absolute atomic E-state index is 13.4. The van der Waals surface area contributed by atoms with Gasteiger partial charge in [-0.05, 0) is 60.4 Å². The van der Waals surface area contributed by atoms with Crippen LogP contribution in [0.1, 0.15) is 47.4 Å². The van der Waals surface area contributed by atoms with E-state index in [0.29, 0.717) is 5.56 Å². The summed E-state index contributed by atoms with van der Waals surface area (Å²) in [7, 11) is 0. The Morgan fingerprint density at radius 1 is 1.00 bits per heavy atom. The quantitative estimate of drug-likeness (QED) is 0.621. The minimum Gasteiger partial charge on any atom is -0.508 e. The first-order valence-corrected chi connectivity index (χ1v) is 9.74. The zero-order valence-electron chi connectivity index (χ0n) is 15.9. The minimum atomic E-state index is -0.393. The van der Waals surface area contributed by atoms with Gasteiger partial charge in [0.05, 0.1) is 5.56 Å². The normalized spacial score (nSPS) is 15.8. The molecule has 0 fully saturated rings. The van der Waals surface area contributed by atoms with E-state index in [-0.39, 0.29) is 11.7 Å². The fraction of sp³-hybridized carbons (Fsp3) is 0.208. The molecule has 1 aliphatic heterocycles. The molecule has 1 heterocycles. The van der Waals surface area contributed by atoms with Gasteiger partial charge < -0.3 is 10.4 Å². The second-order valence-electron chi connectivity index (χ2n) is 7.13. The van der Waals surface area contributed by atoms with E-state index in [0.717, 1.165) is 36.2 Å². The van der Waals surface area contributed by atoms with E-state index in [1.807, 2.05) is 42.5 Å². The Morgan fingerprint density at radius 3 is 2.54 bits per heavy atom. The van der Waals surface area contributed by atoms with Crippen molar-refractivity contribution in [1.82, 2.24) is 0 Å². The van der Waals surface area contributed by atoms with E-state index in [2.05, 4.69) is 24.4 Å². The van der Waals surface area contributed by atoms with Crippen molar-refractivity contribution in [2.45, 2.75) is 32.4 Å². The zero-order valence-corrected chi connectivity index (χ0v) is 15.9. The average molecular weight is 372 g/mol. The van der Waals surface area contributed by atoms with Crippen LogP contribution in [0.5, 0.6) is 5.75 Å². The Kier molecular flexibility index (Phi) is 5.02. The summed E-state index contributed by atoms with van der Waals surface area (Å²) in [5.41, 5.74) is 4.39. The lowest BCUT2D eigenvalue weighted by Crippen LogP contribution is -2.43. The summed E-state index contributed by atoms with van der Waals surface area (Å²) in [5.74, 6) is 0.129. The van der Waals surface area contributed by atoms with Crippen molar-refractivity contribution >= 4 is 17.3 Å². The van der Waals surface area contributed by atoms with E-state index >= 15 is 0 Å². The molecule has 3 aromatic rings. The van der Waals surface area contributed by atoms with Gasteiger partial charge in [0.25, 0.3) is 5.91 Å². The fourth-order valence-electron chi connectivity index (χ4n) is 3.65. The van der Waals surface area contributed by atoms with Crippen molar-refractivity contribution in [1.29, 1.82) is 0 Å². The molecule has 0 aromatic heterocycles. The molecular weight excluding hydrogens is 348 g/mol. The van der Waals surface area contributed by atoms with Gasteiger partial charge in [-0.3, -0.25) is 9.69 Å². The zero-order chi connectivity index (χ0) is 19.5. The molecule has 0 aliphatic carbocycles. The maximum Gasteiger partial charge on any atom is 0.262 e. The molecule has 1 unspecified atom stereocenters. The number of phenolic OH excluding ortho intramolecular Hbond substituents is 1. The summed E-state index contributed by atoms with van der Waals surface area (Å²) < 4.78 is 0. The van der Waals surface area contributed by atoms with Crippen LogP contribution in [0.4, 0.5) is 11.4 Å². The molecule has 1 aliphatic rings. The number of hydrogen-bond donors (Lipinski definition) is 2. The van der Waals surface area contributed by atoms with E-state index in [9.17, 15) is 9.90 Å². The first-order chi connectivity index (χ1) is 13.7. The highest BCUT2D eigenvalue weighted by atomic mass is 16.3. The number of fused-ring (bicyclic) bond motifs is 1. The van der Waals surface area contributed by atoms with Crippen LogP contribution in [0.15, 0.2) is 72.8 Å². The SMILES string of the molecule is CCCCc1ccc(N2C(=O)c3ccccc3NC2c2cccc(O)c2)cc1. The number of rotatable bonds is 5. The van der Waals surface area contributed by atoms with Gasteiger partial charge in [0, 0.05) is 11.4 Å². The Labute approximate surface area is 165 Å². The third-order valence-electron chi connectivity index (χ3n) is 5.15. The third kappa shape index (κ3) is 3.46. The monoisotopic (exact) mass is 372 g/mol. The molecule has 0 spiro atoms. The van der Waals surface area contributed by atoms with Gasteiger partial charge in [0.15, 0.2) is 0 Å². The Hall–Kier alpha value is -3.27. The van der Waals surface area contributed by atoms with Gasteiger partial charge in [-0.25, -0.2) is 0 Å². The number of hydrogen-bond acceptors (Lipinski definition) is 3. The van der Waals surface area contributed by atoms with Gasteiger partial charge in [0.2, 0.25) is 0 Å². The van der Waals surface area contributed by atoms with Crippen LogP contribution in [-0.2, 0) is 6.42 Å². The number of aromatic hydroxyl groups is 1. The van der Waals surface area contributed by atoms with E-state index in [1.165, 1.54) is 5.56 Å². The van der Waals surface area contributed by atoms with Crippen LogP contribution in [0.25, 0.3) is 0 Å². The highest BCUT2D eigenvalue weighted by Crippen LogP contribution is 2.37. The first-order valence-electron chi connectivity index (χ1n) is 9.74. The number of anilines is 2. The van der Waals surface area contributed by atoms with Crippen molar-refractivity contribution in [3.05, 3.63) is 89.5 Å². The molecule has 0 saturated heterocycles. The Bertz CT molecular complexity index is 982. The van der Waals surface area contributed by atoms with E-state index in [1.54, 1.807) is 23.1 Å². The van der Waals surface area contributed by atoms with Gasteiger partial charge >= 0.3 is 0 Å². The first kappa shape index (κ1) is 18.1. The molecular formula is C24H24N2O2. The number of nitrogens with zero attached hydrogens (tertiary/aromatic N) is 1. The minimum absolute atomic E-state index is 0.0519. The fourth-order valence-corrected chi connectivity index (χ4v) is 3.65. The summed E-state index contributed by atoms with van der Waals surface area (Å²) in [6.45, 7) is 2.18. The molecule has 4 nitrogen and oxygen atoms in total. The lowest BCUT2D eigenvalue weighted by molar-refractivity contribution is 0.0975. The number of para-hydroxylation sites is 1. The Balaban J connectivity index is 1.75. The largest absolute Gasteiger partial charge is 0.508 e. The van der Waals surface area contributed by atoms with Crippen LogP contribution in [0.2, 0.25) is 0 Å². The van der Waals surface area contributed by atoms with Crippen LogP contribution in [0, 0.1) is 0 Å². The van der Waals surface area contributed by atoms with Gasteiger partial charge in [-0.1, -0.05) is 49.7 Å². The lowest BCUT2D eigenvalue weighted by Gasteiger charge is -2.38. The molecule has 4 heteroatoms. The smallest absolute Gasteiger partial charge is 0.262 e. The molecule has 0 bridgehead atoms. The molecule has 1 amide bonds. The molecule has 1 atom stereocenters. The molecule has 2 N–H and O–H groups in total. The van der Waals surface area contributed by atoms with Crippen LogP contribution in [-0.4, -0.2) is 11.0 Å². The van der Waals surface area contributed by atoms with Crippen molar-refractivity contribution in [2.75, 3.05) is 10.2 Å². The molecule has 3 aromatic carbocycles. The van der Waals surface area contributed by atoms with Gasteiger partial charge in [-0.2, -0.15) is 0 Å². The van der Waals surface area contributed by atoms with Crippen LogP contribution >= 0.6 is 0 Å². The second-order valence-corrected chi connectivity index (χ2v) is 7.13. The lowest BCUT2D eigenvalue weighted by atomic mass is 10.0. The summed E-state index contributed by atoms with van der Waals surface area (Å²) >= 11 is 0. The predicted octanol–water partition coefficient (Wildman–Crippen LogP) is 5.51. The number of unbranched alkanes of at least 4 members (excludes halogenated alkanes) is 1. The number of aryl methyl sites for hydroxylation is 1. The summed E-state index contributed by atoms with van der Waals surface area (Å²) in [6.07, 6.45) is 2.97. The topological polar surface area (TPSA) is 52.6 Å². The predicted molar refractivity (Wildman–Crippen MR) is 113 cm³/mol. The van der Waals surface area contributed by atoms with Crippen molar-refractivity contribution in [3.63, 3.8) is 0 Å². The van der Waals surface area contributed by atoms with Crippen LogP contribution < -0.4 is 10.2 Å². The number of carbonyl (C=O) groups is 1. The molecule has 142 valence electrons. The number of carbonyl (C=O) groups excluding carboxylic acids is 1. The van der Waals surface area contributed by atoms with E-state index < -0.39 is 6.17 Å². The number of nitrogens with one attached hydrogen (secondary N) is 1. The summed E-state index contributed by atoms with van der Waals surface area (Å²) in [6, 6.07) is 22.8. The molecule has 28 heavy (non-hydrogen) atoms. The van der Waals surface area contributed by atoms with E-state index in [4.69, 9.17) is 0 Å². The Morgan fingerprint density at radius 2 is 1.79 bits per heavy atom. The number of phenols is 1. The summed E-state index contributed by atoms with van der Waals surface area (Å²) in [5, 5.41) is 13.4. The second kappa shape index (κ2) is 7.77. The van der Waals surface area contributed by atoms with Crippen molar-refractivity contribution < 1.29 is 9.90 Å². The summed E-state index contributed by atoms with van der Waals surface area (Å²) in [4.78, 5) is 15.1. The third-order valence-corrected chi connectivity index (χ3v) is 5.15. The number of amides is 1. The maximum atomic E-state index is 13.4. The number of benzene rings is 3. The van der Waals surface area contributed by atoms with Crippen molar-refractivity contribution in [3.8, 4) is 5.75 Å². The standard InChI is InChI=1S/C24H24N2O2/c1-2-3-7-17-12-14-19(15-13-17)26-23(18-8-6-9-20(27)16-18)25-22-11-5-4-10-21(22)24(26)28/h4-6,8-16,23,25,27H,2-3,7H2,1H3. The van der Waals surface area contributed by atoms with Crippen molar-refractivity contribution in [2.24, 2.45) is 0 Å². The highest BCUT2D eigenvalue weighted by molar-refractivity contribution is 6.12. The average Bonchev–Trinajstić information content (AvgIpc) is 2.73. The highest BCUT2D eigenvalue weighted by Gasteiger charge is 2.34. The molecule has 4 rings (SSSR count). The van der Waals surface area contributed by atoms with Crippen LogP contribution in [0.3, 0.4) is 0 Å².